The molecular weight excluding hydrogens is 392 g/mol. The van der Waals surface area contributed by atoms with Crippen molar-refractivity contribution in [1.82, 2.24) is 10.6 Å². The van der Waals surface area contributed by atoms with Gasteiger partial charge in [0.05, 0.1) is 12.0 Å². The van der Waals surface area contributed by atoms with Crippen LogP contribution in [-0.2, 0) is 9.59 Å². The third-order valence-electron chi connectivity index (χ3n) is 5.59. The Morgan fingerprint density at radius 2 is 1.65 bits per heavy atom. The van der Waals surface area contributed by atoms with Gasteiger partial charge in [-0.05, 0) is 63.4 Å². The van der Waals surface area contributed by atoms with E-state index >= 15 is 0 Å². The van der Waals surface area contributed by atoms with Crippen LogP contribution in [0.4, 0.5) is 0 Å². The molecule has 0 bridgehead atoms. The Hall–Kier alpha value is -3.02. The maximum atomic E-state index is 12.6. The van der Waals surface area contributed by atoms with Crippen LogP contribution in [0.25, 0.3) is 0 Å². The van der Waals surface area contributed by atoms with Gasteiger partial charge in [-0.3, -0.25) is 9.59 Å². The molecule has 1 aliphatic rings. The molecule has 0 heterocycles. The van der Waals surface area contributed by atoms with Gasteiger partial charge in [0.25, 0.3) is 5.91 Å². The van der Waals surface area contributed by atoms with E-state index in [1.54, 1.807) is 0 Å². The summed E-state index contributed by atoms with van der Waals surface area (Å²) in [6.07, 6.45) is 1.17. The molecule has 6 nitrogen and oxygen atoms in total. The summed E-state index contributed by atoms with van der Waals surface area (Å²) in [5.41, 5.74) is 1.37. The molecule has 0 unspecified atom stereocenters. The van der Waals surface area contributed by atoms with Crippen LogP contribution in [-0.4, -0.2) is 37.1 Å². The molecule has 166 valence electrons. The van der Waals surface area contributed by atoms with Crippen molar-refractivity contribution in [2.45, 2.75) is 46.1 Å². The molecule has 2 aromatic carbocycles. The minimum atomic E-state index is -0.497. The first kappa shape index (κ1) is 22.7. The molecular formula is C25H32N2O4. The van der Waals surface area contributed by atoms with Crippen LogP contribution in [0.1, 0.15) is 37.8 Å². The summed E-state index contributed by atoms with van der Waals surface area (Å²) >= 11 is 0. The molecule has 1 fully saturated rings. The van der Waals surface area contributed by atoms with Crippen molar-refractivity contribution in [3.63, 3.8) is 0 Å². The van der Waals surface area contributed by atoms with Crippen LogP contribution in [0.2, 0.25) is 0 Å². The fraction of sp³-hybridized carbons (Fsp3) is 0.440. The zero-order valence-corrected chi connectivity index (χ0v) is 18.8. The molecule has 0 saturated heterocycles. The average Bonchev–Trinajstić information content (AvgIpc) is 2.69. The highest BCUT2D eigenvalue weighted by Crippen LogP contribution is 2.48. The first-order valence-corrected chi connectivity index (χ1v) is 10.7. The maximum absolute atomic E-state index is 12.6. The summed E-state index contributed by atoms with van der Waals surface area (Å²) in [7, 11) is 0. The smallest absolute Gasteiger partial charge is 0.258 e. The molecule has 0 radical (unpaired) electrons. The minimum absolute atomic E-state index is 0.0111. The van der Waals surface area contributed by atoms with Gasteiger partial charge >= 0.3 is 0 Å². The van der Waals surface area contributed by atoms with Crippen LogP contribution in [0.5, 0.6) is 11.5 Å². The summed E-state index contributed by atoms with van der Waals surface area (Å²) in [5.74, 6) is 1.27. The lowest BCUT2D eigenvalue weighted by molar-refractivity contribution is -0.143. The van der Waals surface area contributed by atoms with Gasteiger partial charge in [0, 0.05) is 5.54 Å². The Morgan fingerprint density at radius 3 is 2.32 bits per heavy atom. The molecule has 2 N–H and O–H groups in total. The Balaban J connectivity index is 1.37. The van der Waals surface area contributed by atoms with Crippen LogP contribution in [0.3, 0.4) is 0 Å². The van der Waals surface area contributed by atoms with Crippen LogP contribution < -0.4 is 20.1 Å². The molecule has 31 heavy (non-hydrogen) atoms. The fourth-order valence-corrected chi connectivity index (χ4v) is 4.33. The van der Waals surface area contributed by atoms with Crippen LogP contribution in [0, 0.1) is 19.3 Å². The summed E-state index contributed by atoms with van der Waals surface area (Å²) in [4.78, 5) is 24.9. The van der Waals surface area contributed by atoms with E-state index in [0.29, 0.717) is 31.7 Å². The second kappa shape index (κ2) is 9.41. The quantitative estimate of drug-likeness (QED) is 0.604. The van der Waals surface area contributed by atoms with Crippen LogP contribution >= 0.6 is 0 Å². The van der Waals surface area contributed by atoms with E-state index in [1.165, 1.54) is 0 Å². The number of carbonyl (C=O) groups is 2. The average molecular weight is 425 g/mol. The summed E-state index contributed by atoms with van der Waals surface area (Å²) in [6, 6.07) is 15.4. The highest BCUT2D eigenvalue weighted by Gasteiger charge is 2.53. The molecule has 6 heteroatoms. The van der Waals surface area contributed by atoms with Crippen molar-refractivity contribution in [1.29, 1.82) is 0 Å². The number of rotatable bonds is 9. The maximum Gasteiger partial charge on any atom is 0.258 e. The molecule has 2 aromatic rings. The lowest BCUT2D eigenvalue weighted by Gasteiger charge is -2.52. The summed E-state index contributed by atoms with van der Waals surface area (Å²) in [5, 5.41) is 5.96. The number of nitrogens with one attached hydrogen (secondary N) is 2. The van der Waals surface area contributed by atoms with Crippen LogP contribution in [0.15, 0.2) is 48.5 Å². The number of carbonyl (C=O) groups excluding carboxylic acids is 2. The van der Waals surface area contributed by atoms with Crippen molar-refractivity contribution < 1.29 is 19.1 Å². The summed E-state index contributed by atoms with van der Waals surface area (Å²) in [6.45, 7) is 8.71. The predicted molar refractivity (Wildman–Crippen MR) is 120 cm³/mol. The predicted octanol–water partition coefficient (Wildman–Crippen LogP) is 3.55. The number of aryl methyl sites for hydroxylation is 2. The van der Waals surface area contributed by atoms with Gasteiger partial charge in [-0.2, -0.15) is 0 Å². The zero-order valence-electron chi connectivity index (χ0n) is 18.8. The van der Waals surface area contributed by atoms with Crippen molar-refractivity contribution in [2.24, 2.45) is 5.41 Å². The van der Waals surface area contributed by atoms with Gasteiger partial charge in [0.1, 0.15) is 18.1 Å². The second-order valence-corrected chi connectivity index (χ2v) is 9.05. The van der Waals surface area contributed by atoms with E-state index in [-0.39, 0.29) is 18.4 Å². The van der Waals surface area contributed by atoms with Gasteiger partial charge in [0.2, 0.25) is 5.91 Å². The Bertz CT molecular complexity index is 917. The van der Waals surface area contributed by atoms with Crippen molar-refractivity contribution in [2.75, 3.05) is 19.8 Å². The highest BCUT2D eigenvalue weighted by atomic mass is 16.5. The zero-order chi connectivity index (χ0) is 22.5. The lowest BCUT2D eigenvalue weighted by atomic mass is 9.58. The van der Waals surface area contributed by atoms with Gasteiger partial charge in [0.15, 0.2) is 6.61 Å². The first-order chi connectivity index (χ1) is 14.7. The number of benzene rings is 2. The molecule has 0 atom stereocenters. The third-order valence-corrected chi connectivity index (χ3v) is 5.59. The van der Waals surface area contributed by atoms with E-state index in [0.717, 1.165) is 16.9 Å². The number of hydrogen-bond donors (Lipinski definition) is 2. The Labute approximate surface area is 184 Å². The number of ether oxygens (including phenoxy) is 2. The Morgan fingerprint density at radius 1 is 0.935 bits per heavy atom. The Kier molecular flexibility index (Phi) is 6.88. The monoisotopic (exact) mass is 424 g/mol. The normalized spacial score (nSPS) is 22.2. The topological polar surface area (TPSA) is 76.7 Å². The van der Waals surface area contributed by atoms with E-state index in [2.05, 4.69) is 10.6 Å². The fourth-order valence-electron chi connectivity index (χ4n) is 4.33. The van der Waals surface area contributed by atoms with Gasteiger partial charge in [-0.1, -0.05) is 36.8 Å². The molecule has 1 saturated carbocycles. The number of hydrogen-bond acceptors (Lipinski definition) is 4. The van der Waals surface area contributed by atoms with E-state index < -0.39 is 11.0 Å². The largest absolute Gasteiger partial charge is 0.492 e. The van der Waals surface area contributed by atoms with Gasteiger partial charge in [-0.15, -0.1) is 0 Å². The van der Waals surface area contributed by atoms with Crippen molar-refractivity contribution in [3.05, 3.63) is 59.7 Å². The third kappa shape index (κ3) is 6.23. The lowest BCUT2D eigenvalue weighted by Crippen LogP contribution is -2.64. The minimum Gasteiger partial charge on any atom is -0.492 e. The van der Waals surface area contributed by atoms with E-state index in [9.17, 15) is 9.59 Å². The standard InChI is InChI=1S/C25H32N2O4/c1-18-8-10-20(11-9-18)31-15-22(28)27-25(4)16-24(3,17-25)23(29)26-12-13-30-21-7-5-6-19(2)14-21/h5-11,14H,12-13,15-17H2,1-4H3,(H,26,29)(H,27,28). The van der Waals surface area contributed by atoms with E-state index in [4.69, 9.17) is 9.47 Å². The first-order valence-electron chi connectivity index (χ1n) is 10.7. The molecule has 0 spiro atoms. The highest BCUT2D eigenvalue weighted by molar-refractivity contribution is 5.85. The molecule has 0 aliphatic heterocycles. The second-order valence-electron chi connectivity index (χ2n) is 9.05. The van der Waals surface area contributed by atoms with Crippen molar-refractivity contribution >= 4 is 11.8 Å². The number of amides is 2. The molecule has 2 amide bonds. The van der Waals surface area contributed by atoms with E-state index in [1.807, 2.05) is 76.2 Å². The van der Waals surface area contributed by atoms with Gasteiger partial charge < -0.3 is 20.1 Å². The molecule has 3 rings (SSSR count). The van der Waals surface area contributed by atoms with Gasteiger partial charge in [-0.25, -0.2) is 0 Å². The SMILES string of the molecule is Cc1ccc(OCC(=O)NC2(C)CC(C)(C(=O)NCCOc3cccc(C)c3)C2)cc1. The molecule has 1 aliphatic carbocycles. The van der Waals surface area contributed by atoms with Crippen molar-refractivity contribution in [3.8, 4) is 11.5 Å². The molecule has 0 aromatic heterocycles. The summed E-state index contributed by atoms with van der Waals surface area (Å²) < 4.78 is 11.2.